The quantitative estimate of drug-likeness (QED) is 0.911. The summed E-state index contributed by atoms with van der Waals surface area (Å²) in [6, 6.07) is 6.92. The monoisotopic (exact) mass is 315 g/mol. The molecular formula is C16H20F3NO2. The maximum Gasteiger partial charge on any atom is 0.425 e. The standard InChI is InChI=1S/C16H20F3NO2/c17-16(18,19)15-12(9-20-7-3-5-13(21)10-20)8-11-4-1-2-6-14(11)22-15/h1-2,4,6,12-13,15,21H,3,5,7-10H2/t12-,13?,15+/m0/s1. The van der Waals surface area contributed by atoms with Crippen molar-refractivity contribution in [3.8, 4) is 5.75 Å². The summed E-state index contributed by atoms with van der Waals surface area (Å²) in [6.45, 7) is 1.48. The lowest BCUT2D eigenvalue weighted by molar-refractivity contribution is -0.215. The zero-order chi connectivity index (χ0) is 15.7. The van der Waals surface area contributed by atoms with E-state index in [0.29, 0.717) is 25.3 Å². The molecule has 2 heterocycles. The number of fused-ring (bicyclic) bond motifs is 1. The smallest absolute Gasteiger partial charge is 0.425 e. The maximum absolute atomic E-state index is 13.3. The highest BCUT2D eigenvalue weighted by Gasteiger charge is 2.49. The first-order valence-corrected chi connectivity index (χ1v) is 7.65. The molecule has 1 aromatic rings. The molecule has 0 aliphatic carbocycles. The van der Waals surface area contributed by atoms with E-state index in [1.54, 1.807) is 12.1 Å². The van der Waals surface area contributed by atoms with Crippen molar-refractivity contribution >= 4 is 0 Å². The minimum absolute atomic E-state index is 0.301. The van der Waals surface area contributed by atoms with E-state index in [1.165, 1.54) is 0 Å². The summed E-state index contributed by atoms with van der Waals surface area (Å²) in [5, 5.41) is 9.70. The van der Waals surface area contributed by atoms with E-state index in [9.17, 15) is 18.3 Å². The minimum atomic E-state index is -4.38. The van der Waals surface area contributed by atoms with E-state index in [1.807, 2.05) is 17.0 Å². The fraction of sp³-hybridized carbons (Fsp3) is 0.625. The van der Waals surface area contributed by atoms with E-state index in [0.717, 1.165) is 24.9 Å². The predicted octanol–water partition coefficient (Wildman–Crippen LogP) is 2.63. The van der Waals surface area contributed by atoms with Crippen LogP contribution in [0.1, 0.15) is 18.4 Å². The van der Waals surface area contributed by atoms with Gasteiger partial charge >= 0.3 is 6.18 Å². The molecule has 1 saturated heterocycles. The molecule has 1 fully saturated rings. The van der Waals surface area contributed by atoms with Crippen LogP contribution in [0.3, 0.4) is 0 Å². The Balaban J connectivity index is 1.78. The molecule has 6 heteroatoms. The Bertz CT molecular complexity index is 520. The molecule has 1 N–H and O–H groups in total. The number of piperidine rings is 1. The van der Waals surface area contributed by atoms with Crippen molar-refractivity contribution < 1.29 is 23.0 Å². The van der Waals surface area contributed by atoms with Crippen LogP contribution in [-0.4, -0.2) is 48.0 Å². The van der Waals surface area contributed by atoms with Gasteiger partial charge in [0, 0.05) is 19.0 Å². The molecular weight excluding hydrogens is 295 g/mol. The van der Waals surface area contributed by atoms with E-state index in [4.69, 9.17) is 4.74 Å². The molecule has 1 aromatic carbocycles. The van der Waals surface area contributed by atoms with E-state index >= 15 is 0 Å². The fourth-order valence-corrected chi connectivity index (χ4v) is 3.43. The van der Waals surface area contributed by atoms with Crippen LogP contribution in [0.5, 0.6) is 5.75 Å². The van der Waals surface area contributed by atoms with Crippen LogP contribution in [0.25, 0.3) is 0 Å². The summed E-state index contributed by atoms with van der Waals surface area (Å²) in [6.07, 6.45) is -4.69. The molecule has 3 nitrogen and oxygen atoms in total. The molecule has 3 atom stereocenters. The second kappa shape index (κ2) is 6.08. The van der Waals surface area contributed by atoms with Crippen molar-refractivity contribution in [2.45, 2.75) is 37.6 Å². The second-order valence-electron chi connectivity index (χ2n) is 6.21. The highest BCUT2D eigenvalue weighted by Crippen LogP contribution is 2.38. The number of alkyl halides is 3. The normalized spacial score (nSPS) is 29.7. The summed E-state index contributed by atoms with van der Waals surface area (Å²) >= 11 is 0. The Hall–Kier alpha value is -1.27. The van der Waals surface area contributed by atoms with Gasteiger partial charge in [-0.15, -0.1) is 0 Å². The molecule has 0 bridgehead atoms. The molecule has 22 heavy (non-hydrogen) atoms. The number of halogens is 3. The SMILES string of the molecule is OC1CCCN(C[C@@H]2Cc3ccccc3O[C@H]2C(F)(F)F)C1. The lowest BCUT2D eigenvalue weighted by Crippen LogP contribution is -2.50. The van der Waals surface area contributed by atoms with Gasteiger partial charge in [-0.3, -0.25) is 0 Å². The van der Waals surface area contributed by atoms with E-state index < -0.39 is 24.3 Å². The third kappa shape index (κ3) is 3.38. The Morgan fingerprint density at radius 1 is 1.27 bits per heavy atom. The van der Waals surface area contributed by atoms with Gasteiger partial charge in [0.25, 0.3) is 0 Å². The third-order valence-corrected chi connectivity index (χ3v) is 4.43. The van der Waals surface area contributed by atoms with Gasteiger partial charge < -0.3 is 14.7 Å². The van der Waals surface area contributed by atoms with Crippen LogP contribution in [0.4, 0.5) is 13.2 Å². The summed E-state index contributed by atoms with van der Waals surface area (Å²) in [5.41, 5.74) is 0.825. The number of aliphatic hydroxyl groups excluding tert-OH is 1. The number of hydrogen-bond acceptors (Lipinski definition) is 3. The first-order valence-electron chi connectivity index (χ1n) is 7.65. The molecule has 0 saturated carbocycles. The number of para-hydroxylation sites is 1. The van der Waals surface area contributed by atoms with Crippen molar-refractivity contribution in [3.05, 3.63) is 29.8 Å². The first-order chi connectivity index (χ1) is 10.4. The lowest BCUT2D eigenvalue weighted by Gasteiger charge is -2.39. The Kier molecular flexibility index (Phi) is 4.32. The highest BCUT2D eigenvalue weighted by molar-refractivity contribution is 5.36. The highest BCUT2D eigenvalue weighted by atomic mass is 19.4. The zero-order valence-corrected chi connectivity index (χ0v) is 12.2. The molecule has 0 amide bonds. The number of β-amino-alcohol motifs (C(OH)–C–C–N with tert-alkyl or cyclic N) is 1. The van der Waals surface area contributed by atoms with Crippen LogP contribution < -0.4 is 4.74 Å². The maximum atomic E-state index is 13.3. The van der Waals surface area contributed by atoms with E-state index in [-0.39, 0.29) is 0 Å². The molecule has 122 valence electrons. The summed E-state index contributed by atoms with van der Waals surface area (Å²) in [7, 11) is 0. The van der Waals surface area contributed by atoms with Crippen LogP contribution >= 0.6 is 0 Å². The number of benzene rings is 1. The number of likely N-dealkylation sites (tertiary alicyclic amines) is 1. The summed E-state index contributed by atoms with van der Waals surface area (Å²) in [4.78, 5) is 1.93. The third-order valence-electron chi connectivity index (χ3n) is 4.43. The summed E-state index contributed by atoms with van der Waals surface area (Å²) in [5.74, 6) is -0.306. The number of aliphatic hydroxyl groups is 1. The molecule has 3 rings (SSSR count). The largest absolute Gasteiger partial charge is 0.480 e. The van der Waals surface area contributed by atoms with Gasteiger partial charge in [-0.05, 0) is 37.4 Å². The predicted molar refractivity (Wildman–Crippen MR) is 75.8 cm³/mol. The van der Waals surface area contributed by atoms with Gasteiger partial charge in [0.15, 0.2) is 6.10 Å². The molecule has 2 aliphatic rings. The van der Waals surface area contributed by atoms with Gasteiger partial charge in [0.05, 0.1) is 6.10 Å². The number of nitrogens with zero attached hydrogens (tertiary/aromatic N) is 1. The summed E-state index contributed by atoms with van der Waals surface area (Å²) < 4.78 is 45.2. The lowest BCUT2D eigenvalue weighted by atomic mass is 9.89. The van der Waals surface area contributed by atoms with Gasteiger partial charge in [-0.1, -0.05) is 18.2 Å². The average Bonchev–Trinajstić information content (AvgIpc) is 2.45. The Morgan fingerprint density at radius 2 is 2.05 bits per heavy atom. The van der Waals surface area contributed by atoms with Crippen LogP contribution in [0.15, 0.2) is 24.3 Å². The number of ether oxygens (including phenoxy) is 1. The van der Waals surface area contributed by atoms with Gasteiger partial charge in [0.2, 0.25) is 0 Å². The second-order valence-corrected chi connectivity index (χ2v) is 6.21. The van der Waals surface area contributed by atoms with Crippen molar-refractivity contribution in [1.29, 1.82) is 0 Å². The zero-order valence-electron chi connectivity index (χ0n) is 12.2. The van der Waals surface area contributed by atoms with Crippen molar-refractivity contribution in [2.24, 2.45) is 5.92 Å². The van der Waals surface area contributed by atoms with Crippen molar-refractivity contribution in [2.75, 3.05) is 19.6 Å². The van der Waals surface area contributed by atoms with Crippen LogP contribution in [-0.2, 0) is 6.42 Å². The number of hydrogen-bond donors (Lipinski definition) is 1. The average molecular weight is 315 g/mol. The topological polar surface area (TPSA) is 32.7 Å². The molecule has 0 spiro atoms. The molecule has 0 aromatic heterocycles. The van der Waals surface area contributed by atoms with Gasteiger partial charge in [0.1, 0.15) is 5.75 Å². The van der Waals surface area contributed by atoms with Crippen LogP contribution in [0, 0.1) is 5.92 Å². The van der Waals surface area contributed by atoms with Gasteiger partial charge in [-0.25, -0.2) is 0 Å². The minimum Gasteiger partial charge on any atom is -0.480 e. The van der Waals surface area contributed by atoms with Crippen LogP contribution in [0.2, 0.25) is 0 Å². The fourth-order valence-electron chi connectivity index (χ4n) is 3.43. The van der Waals surface area contributed by atoms with Crippen molar-refractivity contribution in [1.82, 2.24) is 4.90 Å². The number of rotatable bonds is 2. The van der Waals surface area contributed by atoms with Gasteiger partial charge in [-0.2, -0.15) is 13.2 Å². The molecule has 0 radical (unpaired) electrons. The first kappa shape index (κ1) is 15.6. The van der Waals surface area contributed by atoms with Crippen molar-refractivity contribution in [3.63, 3.8) is 0 Å². The molecule has 2 aliphatic heterocycles. The Morgan fingerprint density at radius 3 is 2.77 bits per heavy atom. The van der Waals surface area contributed by atoms with E-state index in [2.05, 4.69) is 0 Å². The Labute approximate surface area is 127 Å². The molecule has 1 unspecified atom stereocenters.